The Morgan fingerprint density at radius 2 is 2.03 bits per heavy atom. The van der Waals surface area contributed by atoms with Gasteiger partial charge in [-0.2, -0.15) is 0 Å². The first-order valence-corrected chi connectivity index (χ1v) is 12.1. The molecule has 1 spiro atoms. The second-order valence-electron chi connectivity index (χ2n) is 11.4. The molecule has 9 atom stereocenters. The van der Waals surface area contributed by atoms with Crippen LogP contribution in [0.3, 0.4) is 0 Å². The number of fused-ring (bicyclic) bond motifs is 4. The van der Waals surface area contributed by atoms with Gasteiger partial charge in [-0.15, -0.1) is 0 Å². The molecule has 2 heterocycles. The van der Waals surface area contributed by atoms with Gasteiger partial charge in [0, 0.05) is 24.8 Å². The lowest BCUT2D eigenvalue weighted by Crippen LogP contribution is -2.66. The minimum absolute atomic E-state index is 0.0130. The van der Waals surface area contributed by atoms with E-state index in [-0.39, 0.29) is 47.3 Å². The van der Waals surface area contributed by atoms with Crippen LogP contribution in [0.15, 0.2) is 11.6 Å². The van der Waals surface area contributed by atoms with Crippen LogP contribution in [0, 0.1) is 28.6 Å². The number of aldehydes is 1. The Hall–Kier alpha value is -1.73. The van der Waals surface area contributed by atoms with Crippen molar-refractivity contribution >= 4 is 18.2 Å². The Morgan fingerprint density at radius 1 is 1.22 bits per heavy atom. The largest absolute Gasteiger partial charge is 0.462 e. The molecule has 0 amide bonds. The Labute approximate surface area is 187 Å². The van der Waals surface area contributed by atoms with Crippen molar-refractivity contribution < 1.29 is 33.7 Å². The highest BCUT2D eigenvalue weighted by Crippen LogP contribution is 2.75. The van der Waals surface area contributed by atoms with Crippen LogP contribution in [0.4, 0.5) is 0 Å². The van der Waals surface area contributed by atoms with Crippen molar-refractivity contribution in [3.8, 4) is 0 Å². The van der Waals surface area contributed by atoms with Crippen LogP contribution >= 0.6 is 0 Å². The SMILES string of the molecule is CC(=O)OC1CCC2(C=O)C3CCC4(C)C(C5=CC(=O)OC5)CCC4(O)C3CC3OC32C1. The molecule has 5 fully saturated rings. The molecule has 4 aliphatic carbocycles. The van der Waals surface area contributed by atoms with E-state index in [9.17, 15) is 19.5 Å². The van der Waals surface area contributed by atoms with E-state index in [4.69, 9.17) is 14.2 Å². The number of ether oxygens (including phenoxy) is 3. The molecular weight excluding hydrogens is 412 g/mol. The molecule has 1 saturated heterocycles. The van der Waals surface area contributed by atoms with Gasteiger partial charge >= 0.3 is 11.9 Å². The third-order valence-electron chi connectivity index (χ3n) is 10.5. The van der Waals surface area contributed by atoms with Crippen LogP contribution in [-0.2, 0) is 28.6 Å². The lowest BCUT2D eigenvalue weighted by atomic mass is 9.43. The van der Waals surface area contributed by atoms with E-state index in [0.29, 0.717) is 32.3 Å². The second kappa shape index (κ2) is 6.44. The number of aliphatic hydroxyl groups is 1. The number of carbonyl (C=O) groups excluding carboxylic acids is 3. The number of esters is 2. The molecule has 4 saturated carbocycles. The fourth-order valence-electron chi connectivity index (χ4n) is 9.02. The van der Waals surface area contributed by atoms with E-state index in [0.717, 1.165) is 37.5 Å². The van der Waals surface area contributed by atoms with Gasteiger partial charge in [0.05, 0.1) is 17.1 Å². The lowest BCUT2D eigenvalue weighted by molar-refractivity contribution is -0.200. The van der Waals surface area contributed by atoms with Gasteiger partial charge in [-0.25, -0.2) is 4.79 Å². The molecule has 7 nitrogen and oxygen atoms in total. The van der Waals surface area contributed by atoms with Crippen LogP contribution in [-0.4, -0.2) is 53.3 Å². The first-order chi connectivity index (χ1) is 15.2. The van der Waals surface area contributed by atoms with Gasteiger partial charge in [-0.3, -0.25) is 4.79 Å². The summed E-state index contributed by atoms with van der Waals surface area (Å²) in [7, 11) is 0. The zero-order chi connectivity index (χ0) is 22.5. The molecule has 9 unspecified atom stereocenters. The number of epoxide rings is 1. The van der Waals surface area contributed by atoms with Crippen LogP contribution in [0.2, 0.25) is 0 Å². The maximum absolute atomic E-state index is 12.8. The smallest absolute Gasteiger partial charge is 0.331 e. The highest BCUT2D eigenvalue weighted by atomic mass is 16.6. The normalized spacial score (nSPS) is 53.2. The van der Waals surface area contributed by atoms with Crippen LogP contribution in [0.1, 0.15) is 65.2 Å². The zero-order valence-corrected chi connectivity index (χ0v) is 18.8. The molecule has 0 aromatic rings. The van der Waals surface area contributed by atoms with E-state index in [1.807, 2.05) is 0 Å². The van der Waals surface area contributed by atoms with Gasteiger partial charge in [0.25, 0.3) is 0 Å². The summed E-state index contributed by atoms with van der Waals surface area (Å²) in [6, 6.07) is 0. The summed E-state index contributed by atoms with van der Waals surface area (Å²) in [6.45, 7) is 3.92. The van der Waals surface area contributed by atoms with Gasteiger partial charge in [0.2, 0.25) is 0 Å². The predicted octanol–water partition coefficient (Wildman–Crippen LogP) is 2.49. The minimum Gasteiger partial charge on any atom is -0.462 e. The molecule has 174 valence electrons. The summed E-state index contributed by atoms with van der Waals surface area (Å²) in [5.41, 5.74) is -1.41. The van der Waals surface area contributed by atoms with Crippen molar-refractivity contribution in [1.82, 2.24) is 0 Å². The fourth-order valence-corrected chi connectivity index (χ4v) is 9.02. The minimum atomic E-state index is -0.895. The number of cyclic esters (lactones) is 1. The third-order valence-corrected chi connectivity index (χ3v) is 10.5. The monoisotopic (exact) mass is 444 g/mol. The highest BCUT2D eigenvalue weighted by molar-refractivity contribution is 5.85. The standard InChI is InChI=1S/C25H32O7/c1-14(27)31-16-3-7-23(13-26)18-4-6-22(2)17(15-9-21(28)30-12-15)5-8-24(22,29)19(18)10-20-25(23,11-16)32-20/h9,13,16-20,29H,3-8,10-12H2,1-2H3. The number of carbonyl (C=O) groups is 3. The Morgan fingerprint density at radius 3 is 2.72 bits per heavy atom. The first-order valence-electron chi connectivity index (χ1n) is 12.1. The highest BCUT2D eigenvalue weighted by Gasteiger charge is 2.80. The van der Waals surface area contributed by atoms with Crippen molar-refractivity contribution in [3.05, 3.63) is 11.6 Å². The molecule has 32 heavy (non-hydrogen) atoms. The molecule has 2 aliphatic heterocycles. The van der Waals surface area contributed by atoms with Crippen molar-refractivity contribution in [2.75, 3.05) is 6.61 Å². The van der Waals surface area contributed by atoms with E-state index < -0.39 is 16.6 Å². The molecule has 0 aromatic heterocycles. The average Bonchev–Trinajstić information content (AvgIpc) is 3.14. The number of hydrogen-bond donors (Lipinski definition) is 1. The number of rotatable bonds is 3. The molecule has 0 bridgehead atoms. The lowest BCUT2D eigenvalue weighted by Gasteiger charge is -2.61. The second-order valence-corrected chi connectivity index (χ2v) is 11.4. The molecule has 0 aromatic carbocycles. The zero-order valence-electron chi connectivity index (χ0n) is 18.8. The maximum atomic E-state index is 12.8. The van der Waals surface area contributed by atoms with Crippen LogP contribution < -0.4 is 0 Å². The van der Waals surface area contributed by atoms with Crippen LogP contribution in [0.5, 0.6) is 0 Å². The van der Waals surface area contributed by atoms with Crippen molar-refractivity contribution in [2.45, 2.75) is 88.6 Å². The molecule has 6 rings (SSSR count). The van der Waals surface area contributed by atoms with Gasteiger partial charge in [0.1, 0.15) is 24.6 Å². The van der Waals surface area contributed by atoms with Gasteiger partial charge in [-0.05, 0) is 68.3 Å². The van der Waals surface area contributed by atoms with Crippen molar-refractivity contribution in [1.29, 1.82) is 0 Å². The van der Waals surface area contributed by atoms with Crippen LogP contribution in [0.25, 0.3) is 0 Å². The van der Waals surface area contributed by atoms with E-state index in [1.165, 1.54) is 6.92 Å². The van der Waals surface area contributed by atoms with Gasteiger partial charge in [-0.1, -0.05) is 6.92 Å². The third kappa shape index (κ3) is 2.37. The van der Waals surface area contributed by atoms with Crippen molar-refractivity contribution in [2.24, 2.45) is 28.6 Å². The molecule has 0 radical (unpaired) electrons. The summed E-state index contributed by atoms with van der Waals surface area (Å²) in [5.74, 6) is -0.408. The Balaban J connectivity index is 1.33. The van der Waals surface area contributed by atoms with Gasteiger partial charge in [0.15, 0.2) is 0 Å². The topological polar surface area (TPSA) is 102 Å². The first kappa shape index (κ1) is 20.8. The maximum Gasteiger partial charge on any atom is 0.331 e. The fraction of sp³-hybridized carbons (Fsp3) is 0.800. The number of hydrogen-bond acceptors (Lipinski definition) is 7. The van der Waals surface area contributed by atoms with E-state index in [2.05, 4.69) is 6.92 Å². The van der Waals surface area contributed by atoms with E-state index in [1.54, 1.807) is 6.08 Å². The summed E-state index contributed by atoms with van der Waals surface area (Å²) in [4.78, 5) is 36.0. The summed E-state index contributed by atoms with van der Waals surface area (Å²) in [6.07, 6.45) is 8.23. The van der Waals surface area contributed by atoms with Crippen molar-refractivity contribution in [3.63, 3.8) is 0 Å². The Kier molecular flexibility index (Phi) is 4.20. The summed E-state index contributed by atoms with van der Waals surface area (Å²) < 4.78 is 17.0. The molecular formula is C25H32O7. The predicted molar refractivity (Wildman–Crippen MR) is 111 cm³/mol. The molecule has 1 N–H and O–H groups in total. The summed E-state index contributed by atoms with van der Waals surface area (Å²) >= 11 is 0. The summed E-state index contributed by atoms with van der Waals surface area (Å²) in [5, 5.41) is 12.3. The molecule has 6 aliphatic rings. The molecule has 7 heteroatoms. The van der Waals surface area contributed by atoms with E-state index >= 15 is 0 Å². The Bertz CT molecular complexity index is 927. The van der Waals surface area contributed by atoms with Gasteiger partial charge < -0.3 is 24.1 Å². The average molecular weight is 445 g/mol. The quantitative estimate of drug-likeness (QED) is 0.405.